The third kappa shape index (κ3) is 3.74. The highest BCUT2D eigenvalue weighted by Gasteiger charge is 2.21. The Hall–Kier alpha value is -2.52. The highest BCUT2D eigenvalue weighted by molar-refractivity contribution is 6.11. The normalized spacial score (nSPS) is 15.4. The van der Waals surface area contributed by atoms with Gasteiger partial charge in [-0.1, -0.05) is 0 Å². The van der Waals surface area contributed by atoms with Gasteiger partial charge in [0.25, 0.3) is 5.91 Å². The maximum atomic E-state index is 12.8. The Labute approximate surface area is 121 Å². The van der Waals surface area contributed by atoms with E-state index in [0.29, 0.717) is 26.3 Å². The van der Waals surface area contributed by atoms with E-state index in [1.54, 1.807) is 6.07 Å². The first-order valence-electron chi connectivity index (χ1n) is 6.40. The van der Waals surface area contributed by atoms with Gasteiger partial charge in [-0.05, 0) is 24.3 Å². The molecule has 0 bridgehead atoms. The van der Waals surface area contributed by atoms with Crippen molar-refractivity contribution in [1.82, 2.24) is 4.90 Å². The lowest BCUT2D eigenvalue weighted by atomic mass is 10.1. The standard InChI is InChI=1S/C15H13FN2O3/c16-13-3-1-11(2-4-13)14(19)9-12(10-17)15(20)18-5-7-21-8-6-18/h1-4,9H,5-8H2/b12-9+. The molecule has 1 aromatic rings. The third-order valence-corrected chi connectivity index (χ3v) is 3.05. The largest absolute Gasteiger partial charge is 0.378 e. The van der Waals surface area contributed by atoms with Gasteiger partial charge >= 0.3 is 0 Å². The maximum Gasteiger partial charge on any atom is 0.264 e. The molecule has 1 saturated heterocycles. The Morgan fingerprint density at radius 2 is 1.86 bits per heavy atom. The highest BCUT2D eigenvalue weighted by atomic mass is 19.1. The second kappa shape index (κ2) is 6.77. The van der Waals surface area contributed by atoms with E-state index >= 15 is 0 Å². The van der Waals surface area contributed by atoms with Crippen LogP contribution in [-0.2, 0) is 9.53 Å². The van der Waals surface area contributed by atoms with Crippen molar-refractivity contribution in [3.05, 3.63) is 47.3 Å². The summed E-state index contributed by atoms with van der Waals surface area (Å²) in [4.78, 5) is 25.6. The number of nitrogens with zero attached hydrogens (tertiary/aromatic N) is 2. The van der Waals surface area contributed by atoms with Crippen LogP contribution < -0.4 is 0 Å². The van der Waals surface area contributed by atoms with Crippen LogP contribution in [0.4, 0.5) is 4.39 Å². The van der Waals surface area contributed by atoms with Crippen molar-refractivity contribution in [2.75, 3.05) is 26.3 Å². The summed E-state index contributed by atoms with van der Waals surface area (Å²) in [5, 5.41) is 9.06. The Bertz CT molecular complexity index is 611. The quantitative estimate of drug-likeness (QED) is 0.478. The number of carbonyl (C=O) groups excluding carboxylic acids is 2. The molecular formula is C15H13FN2O3. The molecule has 1 aliphatic rings. The SMILES string of the molecule is N#C/C(=C\C(=O)c1ccc(F)cc1)C(=O)N1CCOCC1. The lowest BCUT2D eigenvalue weighted by Gasteiger charge is -2.26. The molecule has 1 amide bonds. The smallest absolute Gasteiger partial charge is 0.264 e. The molecule has 1 fully saturated rings. The van der Waals surface area contributed by atoms with Gasteiger partial charge in [0.2, 0.25) is 0 Å². The Morgan fingerprint density at radius 1 is 1.24 bits per heavy atom. The number of hydrogen-bond donors (Lipinski definition) is 0. The van der Waals surface area contributed by atoms with Crippen molar-refractivity contribution in [1.29, 1.82) is 5.26 Å². The molecule has 0 aliphatic carbocycles. The van der Waals surface area contributed by atoms with E-state index in [2.05, 4.69) is 0 Å². The predicted octanol–water partition coefficient (Wildman–Crippen LogP) is 1.32. The van der Waals surface area contributed by atoms with Crippen molar-refractivity contribution < 1.29 is 18.7 Å². The fourth-order valence-corrected chi connectivity index (χ4v) is 1.91. The van der Waals surface area contributed by atoms with Crippen LogP contribution in [0, 0.1) is 17.1 Å². The zero-order valence-electron chi connectivity index (χ0n) is 11.2. The summed E-state index contributed by atoms with van der Waals surface area (Å²) in [7, 11) is 0. The number of halogens is 1. The molecule has 6 heteroatoms. The summed E-state index contributed by atoms with van der Waals surface area (Å²) in [6.45, 7) is 1.61. The number of benzene rings is 1. The Kier molecular flexibility index (Phi) is 4.80. The first kappa shape index (κ1) is 14.9. The van der Waals surface area contributed by atoms with Gasteiger partial charge in [0, 0.05) is 24.7 Å². The van der Waals surface area contributed by atoms with Crippen LogP contribution in [0.2, 0.25) is 0 Å². The summed E-state index contributed by atoms with van der Waals surface area (Å²) in [6.07, 6.45) is 0.991. The molecule has 0 aromatic heterocycles. The molecule has 0 unspecified atom stereocenters. The molecule has 0 atom stereocenters. The lowest BCUT2D eigenvalue weighted by Crippen LogP contribution is -2.41. The second-order valence-electron chi connectivity index (χ2n) is 4.45. The number of morpholine rings is 1. The number of nitriles is 1. The molecule has 1 heterocycles. The van der Waals surface area contributed by atoms with Crippen LogP contribution in [0.15, 0.2) is 35.9 Å². The number of allylic oxidation sites excluding steroid dienone is 1. The Morgan fingerprint density at radius 3 is 2.43 bits per heavy atom. The first-order valence-corrected chi connectivity index (χ1v) is 6.40. The number of hydrogen-bond acceptors (Lipinski definition) is 4. The van der Waals surface area contributed by atoms with Crippen molar-refractivity contribution in [2.45, 2.75) is 0 Å². The van der Waals surface area contributed by atoms with Crippen LogP contribution in [0.3, 0.4) is 0 Å². The number of ether oxygens (including phenoxy) is 1. The van der Waals surface area contributed by atoms with Crippen LogP contribution in [0.5, 0.6) is 0 Å². The topological polar surface area (TPSA) is 70.4 Å². The van der Waals surface area contributed by atoms with E-state index in [4.69, 9.17) is 10.00 Å². The zero-order chi connectivity index (χ0) is 15.2. The van der Waals surface area contributed by atoms with Gasteiger partial charge in [-0.25, -0.2) is 4.39 Å². The number of ketones is 1. The van der Waals surface area contributed by atoms with Crippen molar-refractivity contribution in [3.63, 3.8) is 0 Å². The summed E-state index contributed by atoms with van der Waals surface area (Å²) in [6, 6.07) is 6.66. The van der Waals surface area contributed by atoms with E-state index in [1.165, 1.54) is 17.0 Å². The second-order valence-corrected chi connectivity index (χ2v) is 4.45. The molecule has 0 spiro atoms. The number of carbonyl (C=O) groups is 2. The molecule has 0 N–H and O–H groups in total. The number of rotatable bonds is 3. The van der Waals surface area contributed by atoms with Gasteiger partial charge in [0.15, 0.2) is 5.78 Å². The summed E-state index contributed by atoms with van der Waals surface area (Å²) < 4.78 is 17.9. The Balaban J connectivity index is 2.16. The van der Waals surface area contributed by atoms with Gasteiger partial charge in [-0.3, -0.25) is 9.59 Å². The molecule has 0 radical (unpaired) electrons. The monoisotopic (exact) mass is 288 g/mol. The molecule has 0 saturated carbocycles. The van der Waals surface area contributed by atoms with E-state index in [1.807, 2.05) is 0 Å². The fourth-order valence-electron chi connectivity index (χ4n) is 1.91. The molecule has 5 nitrogen and oxygen atoms in total. The van der Waals surface area contributed by atoms with Crippen LogP contribution in [-0.4, -0.2) is 42.9 Å². The first-order chi connectivity index (χ1) is 10.1. The van der Waals surface area contributed by atoms with Crippen molar-refractivity contribution >= 4 is 11.7 Å². The summed E-state index contributed by atoms with van der Waals surface area (Å²) in [5.74, 6) is -1.45. The average molecular weight is 288 g/mol. The van der Waals surface area contributed by atoms with E-state index in [-0.39, 0.29) is 11.1 Å². The predicted molar refractivity (Wildman–Crippen MR) is 71.8 cm³/mol. The lowest BCUT2D eigenvalue weighted by molar-refractivity contribution is -0.130. The summed E-state index contributed by atoms with van der Waals surface area (Å²) in [5.41, 5.74) is -0.00912. The summed E-state index contributed by atoms with van der Waals surface area (Å²) >= 11 is 0. The van der Waals surface area contributed by atoms with E-state index in [0.717, 1.165) is 18.2 Å². The van der Waals surface area contributed by atoms with Gasteiger partial charge < -0.3 is 9.64 Å². The average Bonchev–Trinajstić information content (AvgIpc) is 2.53. The van der Waals surface area contributed by atoms with Gasteiger partial charge in [0.1, 0.15) is 17.5 Å². The minimum atomic E-state index is -0.506. The minimum Gasteiger partial charge on any atom is -0.378 e. The molecule has 1 aromatic carbocycles. The minimum absolute atomic E-state index is 0.221. The van der Waals surface area contributed by atoms with E-state index in [9.17, 15) is 14.0 Å². The molecular weight excluding hydrogens is 275 g/mol. The maximum absolute atomic E-state index is 12.8. The van der Waals surface area contributed by atoms with Crippen LogP contribution in [0.1, 0.15) is 10.4 Å². The van der Waals surface area contributed by atoms with Crippen LogP contribution in [0.25, 0.3) is 0 Å². The fraction of sp³-hybridized carbons (Fsp3) is 0.267. The van der Waals surface area contributed by atoms with Crippen LogP contribution >= 0.6 is 0 Å². The number of amides is 1. The molecule has 1 aliphatic heterocycles. The molecule has 2 rings (SSSR count). The highest BCUT2D eigenvalue weighted by Crippen LogP contribution is 2.09. The zero-order valence-corrected chi connectivity index (χ0v) is 11.2. The van der Waals surface area contributed by atoms with Crippen molar-refractivity contribution in [2.24, 2.45) is 0 Å². The van der Waals surface area contributed by atoms with Gasteiger partial charge in [-0.2, -0.15) is 5.26 Å². The van der Waals surface area contributed by atoms with Crippen molar-refractivity contribution in [3.8, 4) is 6.07 Å². The molecule has 21 heavy (non-hydrogen) atoms. The molecule has 108 valence electrons. The van der Waals surface area contributed by atoms with Gasteiger partial charge in [-0.15, -0.1) is 0 Å². The third-order valence-electron chi connectivity index (χ3n) is 3.05. The van der Waals surface area contributed by atoms with Gasteiger partial charge in [0.05, 0.1) is 13.2 Å². The van der Waals surface area contributed by atoms with E-state index < -0.39 is 17.5 Å².